The van der Waals surface area contributed by atoms with Crippen molar-refractivity contribution >= 4 is 34.5 Å². The molecule has 27 heavy (non-hydrogen) atoms. The molecule has 5 nitrogen and oxygen atoms in total. The van der Waals surface area contributed by atoms with E-state index in [1.54, 1.807) is 12.1 Å². The van der Waals surface area contributed by atoms with Gasteiger partial charge in [-0.1, -0.05) is 41.4 Å². The van der Waals surface area contributed by atoms with Crippen LogP contribution in [-0.4, -0.2) is 25.1 Å². The molecule has 0 bridgehead atoms. The maximum Gasteiger partial charge on any atom is 0.230 e. The molecule has 0 aliphatic carbocycles. The number of nitrogens with one attached hydrogen (secondary N) is 1. The smallest absolute Gasteiger partial charge is 0.230 e. The minimum Gasteiger partial charge on any atom is -0.493 e. The van der Waals surface area contributed by atoms with Crippen LogP contribution in [0.1, 0.15) is 11.3 Å². The molecule has 0 atom stereocenters. The van der Waals surface area contributed by atoms with Crippen molar-refractivity contribution in [1.82, 2.24) is 4.98 Å². The molecule has 0 fully saturated rings. The molecule has 0 spiro atoms. The average molecular weight is 403 g/mol. The van der Waals surface area contributed by atoms with E-state index in [2.05, 4.69) is 10.3 Å². The van der Waals surface area contributed by atoms with Crippen LogP contribution < -0.4 is 14.8 Å². The van der Waals surface area contributed by atoms with Crippen molar-refractivity contribution < 1.29 is 14.3 Å². The molecular weight excluding hydrogens is 384 g/mol. The first-order chi connectivity index (χ1) is 13.0. The molecule has 1 amide bonds. The average Bonchev–Trinajstić information content (AvgIpc) is 3.11. The number of methoxy groups -OCH3 is 2. The molecule has 0 radical (unpaired) electrons. The zero-order chi connectivity index (χ0) is 19.4. The highest BCUT2D eigenvalue weighted by Crippen LogP contribution is 2.36. The van der Waals surface area contributed by atoms with Crippen LogP contribution in [0.25, 0.3) is 10.6 Å². The van der Waals surface area contributed by atoms with Crippen LogP contribution in [0.2, 0.25) is 5.02 Å². The van der Waals surface area contributed by atoms with Crippen molar-refractivity contribution in [2.24, 2.45) is 0 Å². The van der Waals surface area contributed by atoms with Gasteiger partial charge in [0.15, 0.2) is 11.5 Å². The predicted molar refractivity (Wildman–Crippen MR) is 109 cm³/mol. The summed E-state index contributed by atoms with van der Waals surface area (Å²) in [7, 11) is 3.06. The molecule has 2 aromatic carbocycles. The molecular formula is C20H19ClN2O3S. The fourth-order valence-corrected chi connectivity index (χ4v) is 3.55. The molecule has 140 valence electrons. The lowest BCUT2D eigenvalue weighted by Crippen LogP contribution is -2.15. The van der Waals surface area contributed by atoms with Gasteiger partial charge in [0.1, 0.15) is 5.01 Å². The molecule has 0 aliphatic rings. The Morgan fingerprint density at radius 3 is 2.48 bits per heavy atom. The quantitative estimate of drug-likeness (QED) is 0.632. The maximum atomic E-state index is 12.4. The predicted octanol–water partition coefficient (Wildman–Crippen LogP) is 4.97. The first-order valence-corrected chi connectivity index (χ1v) is 9.48. The Hall–Kier alpha value is -2.57. The number of aryl methyl sites for hydroxylation is 1. The molecule has 7 heteroatoms. The summed E-state index contributed by atoms with van der Waals surface area (Å²) < 4.78 is 10.4. The second-order valence-corrected chi connectivity index (χ2v) is 7.19. The Morgan fingerprint density at radius 2 is 1.81 bits per heavy atom. The van der Waals surface area contributed by atoms with Gasteiger partial charge < -0.3 is 14.8 Å². The lowest BCUT2D eigenvalue weighted by Gasteiger charge is -2.12. The van der Waals surface area contributed by atoms with Gasteiger partial charge in [0.05, 0.1) is 37.0 Å². The van der Waals surface area contributed by atoms with Gasteiger partial charge in [0.25, 0.3) is 0 Å². The normalized spacial score (nSPS) is 10.5. The Balaban J connectivity index is 1.70. The monoisotopic (exact) mass is 402 g/mol. The number of benzene rings is 2. The molecule has 1 aromatic heterocycles. The van der Waals surface area contributed by atoms with E-state index in [9.17, 15) is 4.79 Å². The van der Waals surface area contributed by atoms with Crippen LogP contribution in [-0.2, 0) is 11.2 Å². The van der Waals surface area contributed by atoms with Gasteiger partial charge in [-0.3, -0.25) is 4.79 Å². The Labute approximate surface area is 166 Å². The minimum absolute atomic E-state index is 0.160. The summed E-state index contributed by atoms with van der Waals surface area (Å²) >= 11 is 7.73. The molecule has 1 N–H and O–H groups in total. The van der Waals surface area contributed by atoms with Crippen LogP contribution >= 0.6 is 22.9 Å². The van der Waals surface area contributed by atoms with Crippen LogP contribution in [0.15, 0.2) is 41.8 Å². The van der Waals surface area contributed by atoms with Crippen molar-refractivity contribution in [3.05, 3.63) is 58.1 Å². The molecule has 0 unspecified atom stereocenters. The maximum absolute atomic E-state index is 12.4. The Bertz CT molecular complexity index is 954. The van der Waals surface area contributed by atoms with Gasteiger partial charge in [-0.05, 0) is 6.92 Å². The van der Waals surface area contributed by atoms with E-state index in [4.69, 9.17) is 21.1 Å². The van der Waals surface area contributed by atoms with Crippen molar-refractivity contribution in [2.45, 2.75) is 13.3 Å². The largest absolute Gasteiger partial charge is 0.493 e. The second kappa shape index (κ2) is 8.41. The summed E-state index contributed by atoms with van der Waals surface area (Å²) in [5.74, 6) is 0.792. The number of ether oxygens (including phenoxy) is 2. The SMILES string of the molecule is COc1cc(Cl)c(NC(=O)Cc2csc(-c3ccc(C)cc3)n2)cc1OC. The van der Waals surface area contributed by atoms with E-state index in [-0.39, 0.29) is 12.3 Å². The van der Waals surface area contributed by atoms with Gasteiger partial charge in [0.2, 0.25) is 5.91 Å². The number of nitrogens with zero attached hydrogens (tertiary/aromatic N) is 1. The van der Waals surface area contributed by atoms with Crippen molar-refractivity contribution in [3.63, 3.8) is 0 Å². The summed E-state index contributed by atoms with van der Waals surface area (Å²) in [6.07, 6.45) is 0.160. The first-order valence-electron chi connectivity index (χ1n) is 8.23. The van der Waals surface area contributed by atoms with Crippen LogP contribution in [0, 0.1) is 6.92 Å². The van der Waals surface area contributed by atoms with Crippen LogP contribution in [0.3, 0.4) is 0 Å². The van der Waals surface area contributed by atoms with E-state index in [0.717, 1.165) is 10.6 Å². The number of hydrogen-bond donors (Lipinski definition) is 1. The summed E-state index contributed by atoms with van der Waals surface area (Å²) in [5, 5.41) is 5.96. The highest BCUT2D eigenvalue weighted by atomic mass is 35.5. The summed E-state index contributed by atoms with van der Waals surface area (Å²) in [4.78, 5) is 17.0. The third kappa shape index (κ3) is 4.59. The van der Waals surface area contributed by atoms with Crippen LogP contribution in [0.5, 0.6) is 11.5 Å². The molecule has 0 aliphatic heterocycles. The van der Waals surface area contributed by atoms with E-state index in [1.165, 1.54) is 31.1 Å². The van der Waals surface area contributed by atoms with Gasteiger partial charge in [-0.15, -0.1) is 11.3 Å². The molecule has 3 rings (SSSR count). The fraction of sp³-hybridized carbons (Fsp3) is 0.200. The topological polar surface area (TPSA) is 60.5 Å². The van der Waals surface area contributed by atoms with Crippen molar-refractivity contribution in [2.75, 3.05) is 19.5 Å². The molecule has 0 saturated carbocycles. The minimum atomic E-state index is -0.204. The number of rotatable bonds is 6. The summed E-state index contributed by atoms with van der Waals surface area (Å²) in [6, 6.07) is 11.4. The Kier molecular flexibility index (Phi) is 5.98. The second-order valence-electron chi connectivity index (χ2n) is 5.92. The zero-order valence-corrected chi connectivity index (χ0v) is 16.8. The highest BCUT2D eigenvalue weighted by molar-refractivity contribution is 7.13. The fourth-order valence-electron chi connectivity index (χ4n) is 2.53. The zero-order valence-electron chi connectivity index (χ0n) is 15.2. The molecule has 0 saturated heterocycles. The lowest BCUT2D eigenvalue weighted by molar-refractivity contribution is -0.115. The van der Waals surface area contributed by atoms with E-state index < -0.39 is 0 Å². The van der Waals surface area contributed by atoms with E-state index in [1.807, 2.05) is 36.6 Å². The summed E-state index contributed by atoms with van der Waals surface area (Å²) in [6.45, 7) is 2.04. The van der Waals surface area contributed by atoms with Gasteiger partial charge in [-0.25, -0.2) is 4.98 Å². The summed E-state index contributed by atoms with van der Waals surface area (Å²) in [5.41, 5.74) is 3.42. The highest BCUT2D eigenvalue weighted by Gasteiger charge is 2.14. The third-order valence-electron chi connectivity index (χ3n) is 3.94. The third-order valence-corrected chi connectivity index (χ3v) is 5.19. The molecule has 3 aromatic rings. The van der Waals surface area contributed by atoms with E-state index >= 15 is 0 Å². The first kappa shape index (κ1) is 19.2. The van der Waals surface area contributed by atoms with Gasteiger partial charge >= 0.3 is 0 Å². The number of anilines is 1. The van der Waals surface area contributed by atoms with Gasteiger partial charge in [0, 0.05) is 23.1 Å². The molecule has 1 heterocycles. The van der Waals surface area contributed by atoms with Crippen molar-refractivity contribution in [3.8, 4) is 22.1 Å². The number of amides is 1. The number of carbonyl (C=O) groups is 1. The number of hydrogen-bond acceptors (Lipinski definition) is 5. The number of carbonyl (C=O) groups excluding carboxylic acids is 1. The number of halogens is 1. The Morgan fingerprint density at radius 1 is 1.15 bits per heavy atom. The van der Waals surface area contributed by atoms with Crippen molar-refractivity contribution in [1.29, 1.82) is 0 Å². The number of thiazole rings is 1. The van der Waals surface area contributed by atoms with E-state index in [0.29, 0.717) is 27.9 Å². The van der Waals surface area contributed by atoms with Crippen LogP contribution in [0.4, 0.5) is 5.69 Å². The number of aromatic nitrogens is 1. The van der Waals surface area contributed by atoms with Gasteiger partial charge in [-0.2, -0.15) is 0 Å². The standard InChI is InChI=1S/C20H19ClN2O3S/c1-12-4-6-13(7-5-12)20-22-14(11-27-20)8-19(24)23-16-10-18(26-3)17(25-2)9-15(16)21/h4-7,9-11H,8H2,1-3H3,(H,23,24). The lowest BCUT2D eigenvalue weighted by atomic mass is 10.2.